The van der Waals surface area contributed by atoms with Crippen LogP contribution in [0.3, 0.4) is 0 Å². The van der Waals surface area contributed by atoms with Gasteiger partial charge in [-0.1, -0.05) is 18.2 Å². The zero-order valence-electron chi connectivity index (χ0n) is 15.5. The van der Waals surface area contributed by atoms with Gasteiger partial charge in [-0.3, -0.25) is 9.36 Å². The van der Waals surface area contributed by atoms with E-state index in [1.165, 1.54) is 4.68 Å². The van der Waals surface area contributed by atoms with Crippen LogP contribution in [0.1, 0.15) is 48.6 Å². The first kappa shape index (κ1) is 17.5. The van der Waals surface area contributed by atoms with Gasteiger partial charge in [-0.25, -0.2) is 9.48 Å². The number of aromatic nitrogens is 3. The second-order valence-electron chi connectivity index (χ2n) is 7.50. The lowest BCUT2D eigenvalue weighted by atomic mass is 9.95. The monoisotopic (exact) mass is 365 g/mol. The molecule has 2 aromatic rings. The molecule has 4 rings (SSSR count). The van der Waals surface area contributed by atoms with E-state index in [0.29, 0.717) is 11.5 Å². The van der Waals surface area contributed by atoms with Crippen LogP contribution >= 0.6 is 0 Å². The molecule has 1 saturated carbocycles. The van der Waals surface area contributed by atoms with Crippen LogP contribution in [0.2, 0.25) is 0 Å². The minimum Gasteiger partial charge on any atom is -0.342 e. The van der Waals surface area contributed by atoms with Crippen molar-refractivity contribution in [3.8, 4) is 6.07 Å². The van der Waals surface area contributed by atoms with E-state index >= 15 is 0 Å². The molecule has 0 bridgehead atoms. The summed E-state index contributed by atoms with van der Waals surface area (Å²) in [6.45, 7) is 1.76. The summed E-state index contributed by atoms with van der Waals surface area (Å²) < 4.78 is 3.05. The topological polar surface area (TPSA) is 83.9 Å². The third kappa shape index (κ3) is 3.39. The highest BCUT2D eigenvalue weighted by molar-refractivity contribution is 5.81. The molecular formula is C20H23N5O2. The van der Waals surface area contributed by atoms with Gasteiger partial charge in [-0.05, 0) is 37.3 Å². The van der Waals surface area contributed by atoms with Gasteiger partial charge in [0.2, 0.25) is 5.91 Å². The van der Waals surface area contributed by atoms with Crippen molar-refractivity contribution >= 4 is 5.91 Å². The number of rotatable bonds is 4. The summed E-state index contributed by atoms with van der Waals surface area (Å²) in [5.41, 5.74) is 1.18. The van der Waals surface area contributed by atoms with Gasteiger partial charge < -0.3 is 4.90 Å². The fourth-order valence-electron chi connectivity index (χ4n) is 3.84. The largest absolute Gasteiger partial charge is 0.345 e. The van der Waals surface area contributed by atoms with Crippen LogP contribution in [0.4, 0.5) is 0 Å². The highest BCUT2D eigenvalue weighted by atomic mass is 16.2. The lowest BCUT2D eigenvalue weighted by molar-refractivity contribution is -0.133. The first-order chi connectivity index (χ1) is 13.1. The van der Waals surface area contributed by atoms with E-state index in [4.69, 9.17) is 0 Å². The fourth-order valence-corrected chi connectivity index (χ4v) is 3.84. The molecule has 2 aliphatic rings. The molecule has 2 heterocycles. The smallest absolute Gasteiger partial charge is 0.342 e. The van der Waals surface area contributed by atoms with Crippen LogP contribution in [-0.4, -0.2) is 38.2 Å². The molecule has 1 aromatic heterocycles. The summed E-state index contributed by atoms with van der Waals surface area (Å²) in [6.07, 6.45) is 3.72. The van der Waals surface area contributed by atoms with Gasteiger partial charge in [0.15, 0.2) is 0 Å². The van der Waals surface area contributed by atoms with Crippen molar-refractivity contribution in [1.29, 1.82) is 5.26 Å². The van der Waals surface area contributed by atoms with E-state index in [9.17, 15) is 14.9 Å². The van der Waals surface area contributed by atoms with Crippen LogP contribution < -0.4 is 5.69 Å². The molecule has 0 unspecified atom stereocenters. The first-order valence-electron chi connectivity index (χ1n) is 9.49. The van der Waals surface area contributed by atoms with Crippen LogP contribution in [0, 0.1) is 17.2 Å². The van der Waals surface area contributed by atoms with Gasteiger partial charge in [-0.15, -0.1) is 0 Å². The number of likely N-dealkylation sites (tertiary alicyclic amines) is 1. The van der Waals surface area contributed by atoms with Crippen LogP contribution in [-0.2, 0) is 18.4 Å². The molecule has 2 fully saturated rings. The van der Waals surface area contributed by atoms with E-state index in [-0.39, 0.29) is 24.1 Å². The fraction of sp³-hybridized carbons (Fsp3) is 0.500. The molecule has 1 saturated heterocycles. The Hall–Kier alpha value is -2.88. The number of nitriles is 1. The Kier molecular flexibility index (Phi) is 4.56. The lowest BCUT2D eigenvalue weighted by Gasteiger charge is -2.31. The Bertz CT molecular complexity index is 955. The SMILES string of the molecule is Cn1c(C2CCN(C(=O)C3CC3)CC2)nn(Cc2ccccc2C#N)c1=O. The molecule has 27 heavy (non-hydrogen) atoms. The number of nitrogens with zero attached hydrogens (tertiary/aromatic N) is 5. The quantitative estimate of drug-likeness (QED) is 0.824. The second kappa shape index (κ2) is 7.03. The maximum absolute atomic E-state index is 12.6. The average Bonchev–Trinajstić information content (AvgIpc) is 3.51. The number of carbonyl (C=O) groups excluding carboxylic acids is 1. The minimum absolute atomic E-state index is 0.172. The molecular weight excluding hydrogens is 342 g/mol. The van der Waals surface area contributed by atoms with Crippen molar-refractivity contribution in [2.24, 2.45) is 13.0 Å². The number of hydrogen-bond acceptors (Lipinski definition) is 4. The summed E-state index contributed by atoms with van der Waals surface area (Å²) in [4.78, 5) is 26.8. The molecule has 0 N–H and O–H groups in total. The van der Waals surface area contributed by atoms with E-state index in [1.54, 1.807) is 17.7 Å². The van der Waals surface area contributed by atoms with Gasteiger partial charge in [-0.2, -0.15) is 10.4 Å². The normalized spacial score (nSPS) is 17.7. The maximum Gasteiger partial charge on any atom is 0.345 e. The predicted octanol–water partition coefficient (Wildman–Crippen LogP) is 1.62. The summed E-state index contributed by atoms with van der Waals surface area (Å²) in [7, 11) is 1.75. The molecule has 1 aromatic carbocycles. The zero-order chi connectivity index (χ0) is 19.0. The summed E-state index contributed by atoms with van der Waals surface area (Å²) in [5, 5.41) is 13.8. The molecule has 0 atom stereocenters. The minimum atomic E-state index is -0.172. The molecule has 1 amide bonds. The predicted molar refractivity (Wildman–Crippen MR) is 99.0 cm³/mol. The lowest BCUT2D eigenvalue weighted by Crippen LogP contribution is -2.39. The number of benzene rings is 1. The number of carbonyl (C=O) groups is 1. The first-order valence-corrected chi connectivity index (χ1v) is 9.49. The Morgan fingerprint density at radius 3 is 2.59 bits per heavy atom. The van der Waals surface area contributed by atoms with Gasteiger partial charge >= 0.3 is 5.69 Å². The Morgan fingerprint density at radius 2 is 1.93 bits per heavy atom. The van der Waals surface area contributed by atoms with Gasteiger partial charge in [0.25, 0.3) is 0 Å². The number of amides is 1. The molecule has 1 aliphatic heterocycles. The summed E-state index contributed by atoms with van der Waals surface area (Å²) >= 11 is 0. The van der Waals surface area contributed by atoms with E-state index in [2.05, 4.69) is 11.2 Å². The Morgan fingerprint density at radius 1 is 1.22 bits per heavy atom. The third-order valence-corrected chi connectivity index (χ3v) is 5.63. The van der Waals surface area contributed by atoms with Crippen molar-refractivity contribution in [2.75, 3.05) is 13.1 Å². The highest BCUT2D eigenvalue weighted by Gasteiger charge is 2.35. The molecule has 1 aliphatic carbocycles. The molecule has 7 heteroatoms. The second-order valence-corrected chi connectivity index (χ2v) is 7.50. The standard InChI is InChI=1S/C20H23N5O2/c1-23-18(14-8-10-24(11-9-14)19(26)15-6-7-15)22-25(20(23)27)13-17-5-3-2-4-16(17)12-21/h2-5,14-15H,6-11,13H2,1H3. The average molecular weight is 365 g/mol. The zero-order valence-corrected chi connectivity index (χ0v) is 15.5. The van der Waals surface area contributed by atoms with Crippen LogP contribution in [0.15, 0.2) is 29.1 Å². The van der Waals surface area contributed by atoms with E-state index in [0.717, 1.165) is 50.2 Å². The van der Waals surface area contributed by atoms with Crippen molar-refractivity contribution < 1.29 is 4.79 Å². The summed E-state index contributed by atoms with van der Waals surface area (Å²) in [5.74, 6) is 1.50. The molecule has 7 nitrogen and oxygen atoms in total. The van der Waals surface area contributed by atoms with Crippen molar-refractivity contribution in [3.05, 3.63) is 51.7 Å². The van der Waals surface area contributed by atoms with Crippen molar-refractivity contribution in [1.82, 2.24) is 19.2 Å². The van der Waals surface area contributed by atoms with Gasteiger partial charge in [0.05, 0.1) is 18.2 Å². The molecule has 0 spiro atoms. The van der Waals surface area contributed by atoms with Crippen molar-refractivity contribution in [3.63, 3.8) is 0 Å². The maximum atomic E-state index is 12.6. The number of piperidine rings is 1. The highest BCUT2D eigenvalue weighted by Crippen LogP contribution is 2.33. The third-order valence-electron chi connectivity index (χ3n) is 5.63. The van der Waals surface area contributed by atoms with Crippen LogP contribution in [0.25, 0.3) is 0 Å². The Balaban J connectivity index is 1.50. The number of hydrogen-bond donors (Lipinski definition) is 0. The molecule has 140 valence electrons. The van der Waals surface area contributed by atoms with Gasteiger partial charge in [0, 0.05) is 32.0 Å². The summed E-state index contributed by atoms with van der Waals surface area (Å²) in [6, 6.07) is 9.43. The van der Waals surface area contributed by atoms with Crippen molar-refractivity contribution in [2.45, 2.75) is 38.1 Å². The van der Waals surface area contributed by atoms with Gasteiger partial charge in [0.1, 0.15) is 5.82 Å². The Labute approximate surface area is 157 Å². The van der Waals surface area contributed by atoms with Crippen LogP contribution in [0.5, 0.6) is 0 Å². The van der Waals surface area contributed by atoms with E-state index < -0.39 is 0 Å². The van der Waals surface area contributed by atoms with E-state index in [1.807, 2.05) is 23.1 Å². The molecule has 0 radical (unpaired) electrons.